The van der Waals surface area contributed by atoms with Gasteiger partial charge in [-0.2, -0.15) is 0 Å². The van der Waals surface area contributed by atoms with Crippen LogP contribution in [0.1, 0.15) is 5.56 Å². The summed E-state index contributed by atoms with van der Waals surface area (Å²) in [7, 11) is 1.58. The highest BCUT2D eigenvalue weighted by Crippen LogP contribution is 2.31. The first-order valence-corrected chi connectivity index (χ1v) is 8.42. The molecule has 1 aromatic heterocycles. The van der Waals surface area contributed by atoms with Crippen molar-refractivity contribution in [1.29, 1.82) is 0 Å². The molecule has 25 heavy (non-hydrogen) atoms. The Bertz CT molecular complexity index is 966. The molecule has 1 atom stereocenters. The maximum atomic E-state index is 13.0. The van der Waals surface area contributed by atoms with Crippen molar-refractivity contribution in [3.8, 4) is 5.75 Å². The lowest BCUT2D eigenvalue weighted by Crippen LogP contribution is -2.32. The molecule has 1 aliphatic rings. The number of ether oxygens (including phenoxy) is 1. The molecule has 0 radical (unpaired) electrons. The van der Waals surface area contributed by atoms with Crippen LogP contribution in [0.5, 0.6) is 5.75 Å². The number of para-hydroxylation sites is 3. The zero-order chi connectivity index (χ0) is 17.4. The van der Waals surface area contributed by atoms with E-state index in [4.69, 9.17) is 17.0 Å². The van der Waals surface area contributed by atoms with E-state index in [1.807, 2.05) is 48.7 Å². The summed E-state index contributed by atoms with van der Waals surface area (Å²) in [6.07, 6.45) is 2.52. The van der Waals surface area contributed by atoms with E-state index in [1.165, 1.54) is 4.90 Å². The Balaban J connectivity index is 1.63. The fourth-order valence-corrected chi connectivity index (χ4v) is 3.56. The number of benzene rings is 2. The van der Waals surface area contributed by atoms with Crippen LogP contribution in [0, 0.1) is 0 Å². The Morgan fingerprint density at radius 2 is 1.92 bits per heavy atom. The lowest BCUT2D eigenvalue weighted by molar-refractivity contribution is -0.118. The van der Waals surface area contributed by atoms with Gasteiger partial charge in [-0.05, 0) is 36.0 Å². The van der Waals surface area contributed by atoms with Gasteiger partial charge in [-0.15, -0.1) is 0 Å². The lowest BCUT2D eigenvalue weighted by atomic mass is 10.0. The van der Waals surface area contributed by atoms with E-state index in [2.05, 4.69) is 16.4 Å². The second kappa shape index (κ2) is 6.22. The number of fused-ring (bicyclic) bond motifs is 1. The van der Waals surface area contributed by atoms with Crippen molar-refractivity contribution < 1.29 is 9.53 Å². The first-order chi connectivity index (χ1) is 12.2. The SMILES string of the molecule is COc1ccccc1N1C(=O)C(Cc2c[nH]c3ccccc23)NC1=S. The highest BCUT2D eigenvalue weighted by Gasteiger charge is 2.37. The average Bonchev–Trinajstić information content (AvgIpc) is 3.16. The molecule has 1 fully saturated rings. The van der Waals surface area contributed by atoms with Gasteiger partial charge in [0.15, 0.2) is 5.11 Å². The molecular formula is C19H17N3O2S. The predicted molar refractivity (Wildman–Crippen MR) is 102 cm³/mol. The van der Waals surface area contributed by atoms with E-state index >= 15 is 0 Å². The van der Waals surface area contributed by atoms with Crippen molar-refractivity contribution in [2.75, 3.05) is 12.0 Å². The normalized spacial score (nSPS) is 17.2. The van der Waals surface area contributed by atoms with E-state index < -0.39 is 6.04 Å². The topological polar surface area (TPSA) is 57.4 Å². The maximum absolute atomic E-state index is 13.0. The van der Waals surface area contributed by atoms with Gasteiger partial charge in [0.05, 0.1) is 12.8 Å². The number of carbonyl (C=O) groups excluding carboxylic acids is 1. The number of rotatable bonds is 4. The van der Waals surface area contributed by atoms with Gasteiger partial charge in [0.25, 0.3) is 5.91 Å². The average molecular weight is 351 g/mol. The van der Waals surface area contributed by atoms with Crippen LogP contribution in [0.3, 0.4) is 0 Å². The van der Waals surface area contributed by atoms with E-state index in [1.54, 1.807) is 7.11 Å². The molecule has 1 unspecified atom stereocenters. The molecule has 1 aliphatic heterocycles. The molecule has 0 spiro atoms. The molecular weight excluding hydrogens is 334 g/mol. The van der Waals surface area contributed by atoms with Crippen LogP contribution in [-0.2, 0) is 11.2 Å². The molecule has 0 saturated carbocycles. The van der Waals surface area contributed by atoms with Crippen molar-refractivity contribution in [2.24, 2.45) is 0 Å². The molecule has 5 nitrogen and oxygen atoms in total. The fourth-order valence-electron chi connectivity index (χ4n) is 3.23. The summed E-state index contributed by atoms with van der Waals surface area (Å²) < 4.78 is 5.37. The zero-order valence-electron chi connectivity index (χ0n) is 13.7. The monoisotopic (exact) mass is 351 g/mol. The summed E-state index contributed by atoms with van der Waals surface area (Å²) in [6, 6.07) is 15.0. The largest absolute Gasteiger partial charge is 0.495 e. The maximum Gasteiger partial charge on any atom is 0.256 e. The van der Waals surface area contributed by atoms with Crippen molar-refractivity contribution in [1.82, 2.24) is 10.3 Å². The van der Waals surface area contributed by atoms with Crippen LogP contribution in [0.25, 0.3) is 10.9 Å². The summed E-state index contributed by atoms with van der Waals surface area (Å²) in [5.74, 6) is 0.549. The number of hydrogen-bond acceptors (Lipinski definition) is 3. The quantitative estimate of drug-likeness (QED) is 0.710. The lowest BCUT2D eigenvalue weighted by Gasteiger charge is -2.17. The van der Waals surface area contributed by atoms with Gasteiger partial charge in [-0.3, -0.25) is 9.69 Å². The van der Waals surface area contributed by atoms with Crippen LogP contribution in [-0.4, -0.2) is 29.2 Å². The Morgan fingerprint density at radius 1 is 1.16 bits per heavy atom. The highest BCUT2D eigenvalue weighted by atomic mass is 32.1. The van der Waals surface area contributed by atoms with Gasteiger partial charge < -0.3 is 15.0 Å². The van der Waals surface area contributed by atoms with Crippen molar-refractivity contribution in [3.63, 3.8) is 0 Å². The van der Waals surface area contributed by atoms with Crippen LogP contribution < -0.4 is 15.0 Å². The molecule has 2 heterocycles. The molecule has 4 rings (SSSR count). The van der Waals surface area contributed by atoms with Crippen molar-refractivity contribution in [2.45, 2.75) is 12.5 Å². The second-order valence-corrected chi connectivity index (χ2v) is 6.30. The van der Waals surface area contributed by atoms with Gasteiger partial charge in [0.1, 0.15) is 11.8 Å². The third-order valence-electron chi connectivity index (χ3n) is 4.44. The standard InChI is InChI=1S/C19H17N3O2S/c1-24-17-9-5-4-8-16(17)22-18(23)15(21-19(22)25)10-12-11-20-14-7-3-2-6-13(12)14/h2-9,11,15,20H,10H2,1H3,(H,21,25). The number of amides is 1. The number of aromatic amines is 1. The smallest absolute Gasteiger partial charge is 0.256 e. The molecule has 2 N–H and O–H groups in total. The Morgan fingerprint density at radius 3 is 2.76 bits per heavy atom. The van der Waals surface area contributed by atoms with Gasteiger partial charge in [-0.1, -0.05) is 30.3 Å². The van der Waals surface area contributed by atoms with Crippen molar-refractivity contribution in [3.05, 3.63) is 60.3 Å². The minimum Gasteiger partial charge on any atom is -0.495 e. The first-order valence-electron chi connectivity index (χ1n) is 8.01. The number of aromatic nitrogens is 1. The van der Waals surface area contributed by atoms with Crippen LogP contribution in [0.15, 0.2) is 54.7 Å². The summed E-state index contributed by atoms with van der Waals surface area (Å²) in [5.41, 5.74) is 2.81. The minimum absolute atomic E-state index is 0.0696. The molecule has 0 bridgehead atoms. The van der Waals surface area contributed by atoms with E-state index in [0.717, 1.165) is 16.5 Å². The van der Waals surface area contributed by atoms with Gasteiger partial charge in [0.2, 0.25) is 0 Å². The molecule has 6 heteroatoms. The number of nitrogens with zero attached hydrogens (tertiary/aromatic N) is 1. The molecule has 2 aromatic carbocycles. The Kier molecular flexibility index (Phi) is 3.89. The summed E-state index contributed by atoms with van der Waals surface area (Å²) in [4.78, 5) is 17.7. The molecule has 0 aliphatic carbocycles. The summed E-state index contributed by atoms with van der Waals surface area (Å²) in [6.45, 7) is 0. The number of thiocarbonyl (C=S) groups is 1. The second-order valence-electron chi connectivity index (χ2n) is 5.91. The third kappa shape index (κ3) is 2.64. The zero-order valence-corrected chi connectivity index (χ0v) is 14.5. The molecule has 126 valence electrons. The van der Waals surface area contributed by atoms with Crippen LogP contribution in [0.4, 0.5) is 5.69 Å². The highest BCUT2D eigenvalue weighted by molar-refractivity contribution is 7.80. The number of H-pyrrole nitrogens is 1. The Labute approximate surface area is 150 Å². The number of anilines is 1. The Hall–Kier alpha value is -2.86. The minimum atomic E-state index is -0.392. The van der Waals surface area contributed by atoms with E-state index in [0.29, 0.717) is 23.0 Å². The molecule has 1 amide bonds. The van der Waals surface area contributed by atoms with Gasteiger partial charge >= 0.3 is 0 Å². The third-order valence-corrected chi connectivity index (χ3v) is 4.74. The van der Waals surface area contributed by atoms with Gasteiger partial charge in [0, 0.05) is 23.5 Å². The van der Waals surface area contributed by atoms with Crippen LogP contribution >= 0.6 is 12.2 Å². The van der Waals surface area contributed by atoms with Gasteiger partial charge in [-0.25, -0.2) is 0 Å². The number of nitrogens with one attached hydrogen (secondary N) is 2. The number of methoxy groups -OCH3 is 1. The molecule has 3 aromatic rings. The number of hydrogen-bond donors (Lipinski definition) is 2. The summed E-state index contributed by atoms with van der Waals surface area (Å²) >= 11 is 5.41. The number of carbonyl (C=O) groups is 1. The first kappa shape index (κ1) is 15.7. The van der Waals surface area contributed by atoms with Crippen molar-refractivity contribution >= 4 is 39.8 Å². The molecule has 1 saturated heterocycles. The van der Waals surface area contributed by atoms with E-state index in [-0.39, 0.29) is 5.91 Å². The summed E-state index contributed by atoms with van der Waals surface area (Å²) in [5, 5.41) is 4.67. The fraction of sp³-hybridized carbons (Fsp3) is 0.158. The predicted octanol–water partition coefficient (Wildman–Crippen LogP) is 3.01. The van der Waals surface area contributed by atoms with Crippen LogP contribution in [0.2, 0.25) is 0 Å². The van der Waals surface area contributed by atoms with E-state index in [9.17, 15) is 4.79 Å².